The SMILES string of the molecule is C#CCCC1C(=O)OCCC1(c1ccc(C#N)cc1)c1ccc(OCC)cc1. The van der Waals surface area contributed by atoms with Gasteiger partial charge in [-0.05, 0) is 55.2 Å². The van der Waals surface area contributed by atoms with E-state index < -0.39 is 5.41 Å². The molecule has 0 N–H and O–H groups in total. The van der Waals surface area contributed by atoms with Crippen LogP contribution in [0.25, 0.3) is 0 Å². The molecule has 1 fully saturated rings. The first kappa shape index (κ1) is 19.5. The number of carbonyl (C=O) groups excluding carboxylic acids is 1. The van der Waals surface area contributed by atoms with Crippen molar-refractivity contribution >= 4 is 5.97 Å². The Labute approximate surface area is 166 Å². The number of esters is 1. The second-order valence-electron chi connectivity index (χ2n) is 6.83. The van der Waals surface area contributed by atoms with Crippen molar-refractivity contribution in [2.75, 3.05) is 13.2 Å². The van der Waals surface area contributed by atoms with E-state index in [0.29, 0.717) is 38.0 Å². The standard InChI is InChI=1S/C24H23NO3/c1-3-5-6-22-23(26)28-16-15-24(22,19-9-7-18(17-25)8-10-19)20-11-13-21(14-12-20)27-4-2/h1,7-14,22H,4-6,15-16H2,2H3. The molecule has 3 rings (SSSR count). The van der Waals surface area contributed by atoms with Crippen molar-refractivity contribution in [1.29, 1.82) is 5.26 Å². The molecule has 28 heavy (non-hydrogen) atoms. The van der Waals surface area contributed by atoms with Gasteiger partial charge in [-0.2, -0.15) is 5.26 Å². The second-order valence-corrected chi connectivity index (χ2v) is 6.83. The minimum absolute atomic E-state index is 0.222. The summed E-state index contributed by atoms with van der Waals surface area (Å²) in [7, 11) is 0. The molecule has 1 aliphatic rings. The summed E-state index contributed by atoms with van der Waals surface area (Å²) < 4.78 is 11.0. The highest BCUT2D eigenvalue weighted by Crippen LogP contribution is 2.47. The molecule has 2 aromatic carbocycles. The van der Waals surface area contributed by atoms with Crippen LogP contribution in [0, 0.1) is 29.6 Å². The van der Waals surface area contributed by atoms with Gasteiger partial charge in [0.15, 0.2) is 0 Å². The minimum atomic E-state index is -0.551. The number of hydrogen-bond acceptors (Lipinski definition) is 4. The number of benzene rings is 2. The zero-order valence-electron chi connectivity index (χ0n) is 16.0. The van der Waals surface area contributed by atoms with Gasteiger partial charge in [-0.1, -0.05) is 24.3 Å². The Bertz CT molecular complexity index is 903. The Morgan fingerprint density at radius 3 is 2.39 bits per heavy atom. The van der Waals surface area contributed by atoms with Crippen LogP contribution >= 0.6 is 0 Å². The third kappa shape index (κ3) is 3.59. The van der Waals surface area contributed by atoms with Gasteiger partial charge in [0.25, 0.3) is 0 Å². The predicted octanol–water partition coefficient (Wildman–Crippen LogP) is 4.22. The second kappa shape index (κ2) is 8.63. The number of rotatable bonds is 6. The van der Waals surface area contributed by atoms with Crippen LogP contribution in [0.3, 0.4) is 0 Å². The molecular formula is C24H23NO3. The Morgan fingerprint density at radius 1 is 1.18 bits per heavy atom. The molecule has 2 aromatic rings. The largest absolute Gasteiger partial charge is 0.494 e. The zero-order valence-corrected chi connectivity index (χ0v) is 16.0. The van der Waals surface area contributed by atoms with Gasteiger partial charge in [-0.3, -0.25) is 4.79 Å². The maximum absolute atomic E-state index is 12.8. The first-order valence-corrected chi connectivity index (χ1v) is 9.49. The molecule has 2 atom stereocenters. The normalized spacial score (nSPS) is 21.2. The molecule has 4 heteroatoms. The molecule has 0 spiro atoms. The number of hydrogen-bond donors (Lipinski definition) is 0. The third-order valence-corrected chi connectivity index (χ3v) is 5.41. The van der Waals surface area contributed by atoms with E-state index in [1.807, 2.05) is 43.3 Å². The third-order valence-electron chi connectivity index (χ3n) is 5.41. The van der Waals surface area contributed by atoms with E-state index in [4.69, 9.17) is 21.2 Å². The van der Waals surface area contributed by atoms with E-state index in [2.05, 4.69) is 12.0 Å². The van der Waals surface area contributed by atoms with Gasteiger partial charge < -0.3 is 9.47 Å². The van der Waals surface area contributed by atoms with Crippen molar-refractivity contribution in [3.8, 4) is 24.2 Å². The number of carbonyl (C=O) groups is 1. The molecule has 4 nitrogen and oxygen atoms in total. The average Bonchev–Trinajstić information content (AvgIpc) is 2.73. The predicted molar refractivity (Wildman–Crippen MR) is 107 cm³/mol. The Hall–Kier alpha value is -3.24. The first-order chi connectivity index (χ1) is 13.7. The Balaban J connectivity index is 2.15. The van der Waals surface area contributed by atoms with Crippen LogP contribution in [-0.2, 0) is 14.9 Å². The lowest BCUT2D eigenvalue weighted by atomic mass is 9.61. The van der Waals surface area contributed by atoms with Gasteiger partial charge in [-0.15, -0.1) is 12.3 Å². The Morgan fingerprint density at radius 2 is 1.82 bits per heavy atom. The first-order valence-electron chi connectivity index (χ1n) is 9.49. The molecule has 1 saturated heterocycles. The lowest BCUT2D eigenvalue weighted by Gasteiger charge is -2.43. The summed E-state index contributed by atoms with van der Waals surface area (Å²) in [6, 6.07) is 17.5. The molecule has 1 aliphatic heterocycles. The van der Waals surface area contributed by atoms with Crippen LogP contribution in [0.5, 0.6) is 5.75 Å². The number of cyclic esters (lactones) is 1. The molecule has 0 bridgehead atoms. The highest BCUT2D eigenvalue weighted by atomic mass is 16.5. The highest BCUT2D eigenvalue weighted by Gasteiger charge is 2.48. The van der Waals surface area contributed by atoms with Gasteiger partial charge in [0.1, 0.15) is 5.75 Å². The van der Waals surface area contributed by atoms with Crippen LogP contribution in [0.2, 0.25) is 0 Å². The summed E-state index contributed by atoms with van der Waals surface area (Å²) in [6.07, 6.45) is 7.19. The van der Waals surface area contributed by atoms with Crippen molar-refractivity contribution in [2.24, 2.45) is 5.92 Å². The van der Waals surface area contributed by atoms with Crippen LogP contribution in [0.1, 0.15) is 42.9 Å². The summed E-state index contributed by atoms with van der Waals surface area (Å²) >= 11 is 0. The maximum atomic E-state index is 12.8. The molecule has 0 radical (unpaired) electrons. The van der Waals surface area contributed by atoms with Gasteiger partial charge in [0.05, 0.1) is 30.8 Å². The van der Waals surface area contributed by atoms with Crippen molar-refractivity contribution in [3.05, 3.63) is 65.2 Å². The van der Waals surface area contributed by atoms with Crippen molar-refractivity contribution in [2.45, 2.75) is 31.6 Å². The summed E-state index contributed by atoms with van der Waals surface area (Å²) in [5, 5.41) is 9.15. The van der Waals surface area contributed by atoms with E-state index in [1.54, 1.807) is 12.1 Å². The monoisotopic (exact) mass is 373 g/mol. The Kier molecular flexibility index (Phi) is 6.02. The molecule has 0 saturated carbocycles. The quantitative estimate of drug-likeness (QED) is 0.562. The van der Waals surface area contributed by atoms with Gasteiger partial charge >= 0.3 is 5.97 Å². The fourth-order valence-corrected chi connectivity index (χ4v) is 4.10. The summed E-state index contributed by atoms with van der Waals surface area (Å²) in [6.45, 7) is 2.88. The number of nitriles is 1. The van der Waals surface area contributed by atoms with Gasteiger partial charge in [0.2, 0.25) is 0 Å². The lowest BCUT2D eigenvalue weighted by molar-refractivity contribution is -0.157. The summed E-state index contributed by atoms with van der Waals surface area (Å²) in [5.74, 6) is 2.83. The number of nitrogens with zero attached hydrogens (tertiary/aromatic N) is 1. The van der Waals surface area contributed by atoms with Crippen LogP contribution in [0.4, 0.5) is 0 Å². The van der Waals surface area contributed by atoms with Crippen LogP contribution < -0.4 is 4.74 Å². The average molecular weight is 373 g/mol. The van der Waals surface area contributed by atoms with Crippen molar-refractivity contribution in [1.82, 2.24) is 0 Å². The topological polar surface area (TPSA) is 59.3 Å². The van der Waals surface area contributed by atoms with E-state index in [1.165, 1.54) is 0 Å². The minimum Gasteiger partial charge on any atom is -0.494 e. The van der Waals surface area contributed by atoms with E-state index in [-0.39, 0.29) is 11.9 Å². The summed E-state index contributed by atoms with van der Waals surface area (Å²) in [4.78, 5) is 12.8. The van der Waals surface area contributed by atoms with Crippen LogP contribution in [-0.4, -0.2) is 19.2 Å². The molecule has 2 unspecified atom stereocenters. The maximum Gasteiger partial charge on any atom is 0.310 e. The lowest BCUT2D eigenvalue weighted by Crippen LogP contribution is -2.46. The van der Waals surface area contributed by atoms with E-state index in [9.17, 15) is 4.79 Å². The fraction of sp³-hybridized carbons (Fsp3) is 0.333. The molecule has 0 amide bonds. The van der Waals surface area contributed by atoms with E-state index >= 15 is 0 Å². The number of terminal acetylenes is 1. The molecular weight excluding hydrogens is 350 g/mol. The molecule has 142 valence electrons. The fourth-order valence-electron chi connectivity index (χ4n) is 4.10. The van der Waals surface area contributed by atoms with Crippen molar-refractivity contribution in [3.63, 3.8) is 0 Å². The summed E-state index contributed by atoms with van der Waals surface area (Å²) in [5.41, 5.74) is 2.06. The highest BCUT2D eigenvalue weighted by molar-refractivity contribution is 5.77. The number of ether oxygens (including phenoxy) is 2. The molecule has 1 heterocycles. The molecule has 0 aromatic heterocycles. The zero-order chi connectivity index (χ0) is 20.0. The van der Waals surface area contributed by atoms with Crippen molar-refractivity contribution < 1.29 is 14.3 Å². The molecule has 0 aliphatic carbocycles. The van der Waals surface area contributed by atoms with Gasteiger partial charge in [-0.25, -0.2) is 0 Å². The smallest absolute Gasteiger partial charge is 0.310 e. The van der Waals surface area contributed by atoms with Crippen LogP contribution in [0.15, 0.2) is 48.5 Å². The van der Waals surface area contributed by atoms with E-state index in [0.717, 1.165) is 16.9 Å². The van der Waals surface area contributed by atoms with Gasteiger partial charge in [0, 0.05) is 11.8 Å².